The minimum atomic E-state index is 0.198. The third-order valence-electron chi connectivity index (χ3n) is 6.86. The Kier molecular flexibility index (Phi) is 3.86. The van der Waals surface area contributed by atoms with E-state index in [2.05, 4.69) is 29.3 Å². The van der Waals surface area contributed by atoms with Gasteiger partial charge in [-0.05, 0) is 97.6 Å². The van der Waals surface area contributed by atoms with Crippen molar-refractivity contribution in [3.05, 3.63) is 58.6 Å². The quantitative estimate of drug-likeness (QED) is 0.639. The van der Waals surface area contributed by atoms with E-state index >= 15 is 0 Å². The monoisotopic (exact) mass is 365 g/mol. The van der Waals surface area contributed by atoms with Crippen LogP contribution in [0.5, 0.6) is 5.75 Å². The first-order valence-corrected chi connectivity index (χ1v) is 10.1. The zero-order valence-corrected chi connectivity index (χ0v) is 15.6. The number of phenolic OH excluding ortho intramolecular Hbond substituents is 1. The third-order valence-corrected chi connectivity index (χ3v) is 7.10. The van der Waals surface area contributed by atoms with E-state index in [-0.39, 0.29) is 5.75 Å². The van der Waals surface area contributed by atoms with Gasteiger partial charge in [-0.15, -0.1) is 0 Å². The van der Waals surface area contributed by atoms with Crippen molar-refractivity contribution >= 4 is 23.5 Å². The van der Waals surface area contributed by atoms with Crippen LogP contribution in [0.15, 0.2) is 47.5 Å². The van der Waals surface area contributed by atoms with Crippen molar-refractivity contribution in [2.45, 2.75) is 43.9 Å². The Morgan fingerprint density at radius 1 is 0.923 bits per heavy atom. The number of nitrogens with zero attached hydrogens (tertiary/aromatic N) is 1. The summed E-state index contributed by atoms with van der Waals surface area (Å²) in [7, 11) is 0. The van der Waals surface area contributed by atoms with Gasteiger partial charge >= 0.3 is 0 Å². The van der Waals surface area contributed by atoms with E-state index in [1.165, 1.54) is 44.1 Å². The summed E-state index contributed by atoms with van der Waals surface area (Å²) in [5.74, 6) is 3.09. The minimum absolute atomic E-state index is 0.198. The van der Waals surface area contributed by atoms with E-state index in [0.717, 1.165) is 23.4 Å². The normalized spacial score (nSPS) is 32.4. The van der Waals surface area contributed by atoms with Crippen LogP contribution in [0.4, 0.5) is 5.69 Å². The molecule has 2 aromatic rings. The average molecular weight is 366 g/mol. The van der Waals surface area contributed by atoms with Gasteiger partial charge in [0.25, 0.3) is 0 Å². The molecule has 2 aromatic carbocycles. The highest BCUT2D eigenvalue weighted by Crippen LogP contribution is 2.60. The number of aromatic hydroxyl groups is 1. The van der Waals surface area contributed by atoms with E-state index < -0.39 is 0 Å². The van der Waals surface area contributed by atoms with Gasteiger partial charge in [0.2, 0.25) is 0 Å². The van der Waals surface area contributed by atoms with Crippen molar-refractivity contribution in [1.82, 2.24) is 0 Å². The van der Waals surface area contributed by atoms with Crippen LogP contribution in [-0.2, 0) is 5.41 Å². The number of phenols is 1. The van der Waals surface area contributed by atoms with Crippen molar-refractivity contribution in [1.29, 1.82) is 0 Å². The standard InChI is InChI=1S/C23H24ClNO/c24-20-3-6-22(26)18(10-20)14-25-21-4-1-19(2-5-21)23-11-15-7-16(12-23)9-17(8-15)13-23/h1-6,10,14-17,26H,7-9,11-13H2. The maximum atomic E-state index is 9.90. The van der Waals surface area contributed by atoms with Crippen LogP contribution in [0.1, 0.15) is 49.7 Å². The predicted octanol–water partition coefficient (Wildman–Crippen LogP) is 6.26. The molecule has 0 saturated heterocycles. The fraction of sp³-hybridized carbons (Fsp3) is 0.435. The van der Waals surface area contributed by atoms with E-state index in [9.17, 15) is 5.11 Å². The van der Waals surface area contributed by atoms with Gasteiger partial charge in [0.1, 0.15) is 5.75 Å². The van der Waals surface area contributed by atoms with E-state index in [1.54, 1.807) is 24.4 Å². The number of benzene rings is 2. The molecular weight excluding hydrogens is 342 g/mol. The molecule has 4 saturated carbocycles. The lowest BCUT2D eigenvalue weighted by Gasteiger charge is -2.57. The van der Waals surface area contributed by atoms with Crippen LogP contribution in [0.25, 0.3) is 0 Å². The highest BCUT2D eigenvalue weighted by molar-refractivity contribution is 6.30. The van der Waals surface area contributed by atoms with Crippen molar-refractivity contribution in [3.8, 4) is 5.75 Å². The summed E-state index contributed by atoms with van der Waals surface area (Å²) in [6, 6.07) is 13.8. The number of aliphatic imine (C=N–C) groups is 1. The molecule has 0 unspecified atom stereocenters. The van der Waals surface area contributed by atoms with Crippen LogP contribution in [0.2, 0.25) is 5.02 Å². The van der Waals surface area contributed by atoms with Crippen LogP contribution >= 0.6 is 11.6 Å². The van der Waals surface area contributed by atoms with Crippen LogP contribution in [-0.4, -0.2) is 11.3 Å². The second-order valence-electron chi connectivity index (χ2n) is 8.71. The maximum Gasteiger partial charge on any atom is 0.124 e. The van der Waals surface area contributed by atoms with Gasteiger partial charge in [-0.1, -0.05) is 23.7 Å². The van der Waals surface area contributed by atoms with E-state index in [4.69, 9.17) is 11.6 Å². The topological polar surface area (TPSA) is 32.6 Å². The molecule has 1 N–H and O–H groups in total. The van der Waals surface area contributed by atoms with E-state index in [0.29, 0.717) is 16.0 Å². The smallest absolute Gasteiger partial charge is 0.124 e. The molecule has 6 rings (SSSR count). The van der Waals surface area contributed by atoms with Crippen molar-refractivity contribution in [2.24, 2.45) is 22.7 Å². The second-order valence-corrected chi connectivity index (χ2v) is 9.14. The van der Waals surface area contributed by atoms with Crippen LogP contribution < -0.4 is 0 Å². The lowest BCUT2D eigenvalue weighted by atomic mass is 9.48. The summed E-state index contributed by atoms with van der Waals surface area (Å²) in [5, 5.41) is 10.5. The number of hydrogen-bond donors (Lipinski definition) is 1. The summed E-state index contributed by atoms with van der Waals surface area (Å²) >= 11 is 6.00. The zero-order valence-electron chi connectivity index (χ0n) is 14.9. The number of rotatable bonds is 3. The summed E-state index contributed by atoms with van der Waals surface area (Å²) in [6.07, 6.45) is 10.3. The lowest BCUT2D eigenvalue weighted by molar-refractivity contribution is -0.00518. The van der Waals surface area contributed by atoms with Gasteiger partial charge in [-0.2, -0.15) is 0 Å². The molecule has 0 radical (unpaired) electrons. The molecule has 4 fully saturated rings. The van der Waals surface area contributed by atoms with Crippen molar-refractivity contribution < 1.29 is 5.11 Å². The Bertz CT molecular complexity index is 820. The molecule has 0 atom stereocenters. The first-order chi connectivity index (χ1) is 12.6. The SMILES string of the molecule is Oc1ccc(Cl)cc1C=Nc1ccc(C23CC4CC(CC(C4)C2)C3)cc1. The zero-order chi connectivity index (χ0) is 17.7. The Balaban J connectivity index is 1.38. The van der Waals surface area contributed by atoms with Gasteiger partial charge in [-0.25, -0.2) is 0 Å². The van der Waals surface area contributed by atoms with Gasteiger partial charge in [-0.3, -0.25) is 4.99 Å². The van der Waals surface area contributed by atoms with Gasteiger partial charge in [0.15, 0.2) is 0 Å². The second kappa shape index (κ2) is 6.13. The number of hydrogen-bond acceptors (Lipinski definition) is 2. The Hall–Kier alpha value is -1.80. The predicted molar refractivity (Wildman–Crippen MR) is 107 cm³/mol. The molecule has 0 aliphatic heterocycles. The van der Waals surface area contributed by atoms with Gasteiger partial charge in [0, 0.05) is 16.8 Å². The maximum absolute atomic E-state index is 9.90. The molecule has 26 heavy (non-hydrogen) atoms. The molecular formula is C23H24ClNO. The molecule has 0 amide bonds. The fourth-order valence-electron chi connectivity index (χ4n) is 6.14. The molecule has 2 nitrogen and oxygen atoms in total. The lowest BCUT2D eigenvalue weighted by Crippen LogP contribution is -2.48. The molecule has 0 heterocycles. The van der Waals surface area contributed by atoms with Crippen molar-refractivity contribution in [3.63, 3.8) is 0 Å². The van der Waals surface area contributed by atoms with Crippen LogP contribution in [0.3, 0.4) is 0 Å². The Labute approximate surface area is 159 Å². The molecule has 4 aliphatic rings. The molecule has 134 valence electrons. The Morgan fingerprint density at radius 3 is 2.15 bits per heavy atom. The largest absolute Gasteiger partial charge is 0.507 e. The molecule has 4 bridgehead atoms. The van der Waals surface area contributed by atoms with Crippen LogP contribution in [0, 0.1) is 17.8 Å². The fourth-order valence-corrected chi connectivity index (χ4v) is 6.32. The summed E-state index contributed by atoms with van der Waals surface area (Å²) in [5.41, 5.74) is 3.50. The summed E-state index contributed by atoms with van der Waals surface area (Å²) in [4.78, 5) is 4.52. The Morgan fingerprint density at radius 2 is 1.54 bits per heavy atom. The summed E-state index contributed by atoms with van der Waals surface area (Å²) < 4.78 is 0. The minimum Gasteiger partial charge on any atom is -0.507 e. The summed E-state index contributed by atoms with van der Waals surface area (Å²) in [6.45, 7) is 0. The molecule has 4 aliphatic carbocycles. The first-order valence-electron chi connectivity index (χ1n) is 9.73. The molecule has 3 heteroatoms. The van der Waals surface area contributed by atoms with Gasteiger partial charge in [0.05, 0.1) is 5.69 Å². The highest BCUT2D eigenvalue weighted by Gasteiger charge is 2.51. The highest BCUT2D eigenvalue weighted by atomic mass is 35.5. The molecule has 0 spiro atoms. The van der Waals surface area contributed by atoms with Crippen molar-refractivity contribution in [2.75, 3.05) is 0 Å². The van der Waals surface area contributed by atoms with Gasteiger partial charge < -0.3 is 5.11 Å². The number of halogens is 1. The average Bonchev–Trinajstić information content (AvgIpc) is 2.62. The molecule has 0 aromatic heterocycles. The van der Waals surface area contributed by atoms with E-state index in [1.807, 2.05) is 0 Å². The first kappa shape index (κ1) is 16.4. The third kappa shape index (κ3) is 2.85.